The van der Waals surface area contributed by atoms with Crippen molar-refractivity contribution in [2.45, 2.75) is 25.5 Å². The Bertz CT molecular complexity index is 517. The molecule has 0 unspecified atom stereocenters. The highest BCUT2D eigenvalue weighted by molar-refractivity contribution is 7.94. The molecule has 0 radical (unpaired) electrons. The van der Waals surface area contributed by atoms with Crippen molar-refractivity contribution < 1.29 is 18.3 Å². The summed E-state index contributed by atoms with van der Waals surface area (Å²) in [4.78, 5) is 10.9. The van der Waals surface area contributed by atoms with Gasteiger partial charge in [-0.3, -0.25) is 9.10 Å². The van der Waals surface area contributed by atoms with Crippen LogP contribution in [0.2, 0.25) is 0 Å². The third-order valence-electron chi connectivity index (χ3n) is 2.39. The lowest BCUT2D eigenvalue weighted by Crippen LogP contribution is -2.45. The van der Waals surface area contributed by atoms with Crippen molar-refractivity contribution in [2.24, 2.45) is 0 Å². The minimum absolute atomic E-state index is 0.356. The average Bonchev–Trinajstić information content (AvgIpc) is 2.25. The predicted octanol–water partition coefficient (Wildman–Crippen LogP) is 1.71. The van der Waals surface area contributed by atoms with Crippen molar-refractivity contribution >= 4 is 21.7 Å². The number of aliphatic carboxylic acids is 1. The number of hydrogen-bond acceptors (Lipinski definition) is 3. The lowest BCUT2D eigenvalue weighted by atomic mass is 10.3. The van der Waals surface area contributed by atoms with E-state index in [1.807, 2.05) is 0 Å². The molecule has 100 valence electrons. The number of anilines is 1. The van der Waals surface area contributed by atoms with Crippen molar-refractivity contribution in [1.82, 2.24) is 0 Å². The van der Waals surface area contributed by atoms with Gasteiger partial charge in [0.05, 0.1) is 10.4 Å². The van der Waals surface area contributed by atoms with Crippen LogP contribution in [-0.2, 0) is 14.8 Å². The van der Waals surface area contributed by atoms with Gasteiger partial charge in [0.1, 0.15) is 6.54 Å². The first-order valence-corrected chi connectivity index (χ1v) is 6.89. The largest absolute Gasteiger partial charge is 0.480 e. The number of benzene rings is 1. The van der Waals surface area contributed by atoms with Crippen LogP contribution in [-0.4, -0.2) is 30.8 Å². The molecule has 0 saturated heterocycles. The molecule has 0 aliphatic heterocycles. The van der Waals surface area contributed by atoms with Gasteiger partial charge in [-0.15, -0.1) is 0 Å². The molecule has 1 aromatic rings. The fourth-order valence-corrected chi connectivity index (χ4v) is 2.70. The van der Waals surface area contributed by atoms with E-state index in [4.69, 9.17) is 5.11 Å². The van der Waals surface area contributed by atoms with Gasteiger partial charge >= 0.3 is 5.97 Å². The van der Waals surface area contributed by atoms with E-state index in [1.165, 1.54) is 0 Å². The van der Waals surface area contributed by atoms with E-state index in [0.29, 0.717) is 5.69 Å². The summed E-state index contributed by atoms with van der Waals surface area (Å²) in [5.41, 5.74) is 0.356. The van der Waals surface area contributed by atoms with Crippen molar-refractivity contribution in [1.29, 1.82) is 0 Å². The summed E-state index contributed by atoms with van der Waals surface area (Å²) in [6, 6.07) is 8.23. The van der Waals surface area contributed by atoms with Crippen molar-refractivity contribution in [3.05, 3.63) is 30.3 Å². The van der Waals surface area contributed by atoms with E-state index in [9.17, 15) is 13.2 Å². The summed E-state index contributed by atoms with van der Waals surface area (Å²) < 4.78 is 24.6. The Balaban J connectivity index is 3.28. The third-order valence-corrected chi connectivity index (χ3v) is 4.85. The topological polar surface area (TPSA) is 74.7 Å². The van der Waals surface area contributed by atoms with Gasteiger partial charge in [0.2, 0.25) is 10.0 Å². The van der Waals surface area contributed by atoms with Crippen molar-refractivity contribution in [3.63, 3.8) is 0 Å². The first-order valence-electron chi connectivity index (χ1n) is 5.45. The number of para-hydroxylation sites is 1. The zero-order chi connectivity index (χ0) is 14.0. The van der Waals surface area contributed by atoms with Crippen LogP contribution in [0.15, 0.2) is 30.3 Å². The van der Waals surface area contributed by atoms with E-state index in [1.54, 1.807) is 51.1 Å². The molecule has 0 atom stereocenters. The van der Waals surface area contributed by atoms with Crippen LogP contribution in [0.25, 0.3) is 0 Å². The summed E-state index contributed by atoms with van der Waals surface area (Å²) in [7, 11) is -3.73. The summed E-state index contributed by atoms with van der Waals surface area (Å²) in [6.07, 6.45) is 0. The number of hydrogen-bond donors (Lipinski definition) is 1. The highest BCUT2D eigenvalue weighted by atomic mass is 32.2. The summed E-state index contributed by atoms with van der Waals surface area (Å²) in [5.74, 6) is -1.19. The highest BCUT2D eigenvalue weighted by Crippen LogP contribution is 2.25. The number of rotatable bonds is 4. The molecule has 6 heteroatoms. The second-order valence-electron chi connectivity index (χ2n) is 4.85. The van der Waals surface area contributed by atoms with Gasteiger partial charge < -0.3 is 5.11 Å². The van der Waals surface area contributed by atoms with Crippen LogP contribution in [0, 0.1) is 0 Å². The maximum Gasteiger partial charge on any atom is 0.324 e. The molecule has 0 saturated carbocycles. The maximum absolute atomic E-state index is 12.4. The SMILES string of the molecule is CC(C)(C)S(=O)(=O)N(CC(=O)O)c1ccccc1. The van der Waals surface area contributed by atoms with E-state index in [-0.39, 0.29) is 0 Å². The van der Waals surface area contributed by atoms with E-state index in [0.717, 1.165) is 4.31 Å². The number of nitrogens with zero attached hydrogens (tertiary/aromatic N) is 1. The fraction of sp³-hybridized carbons (Fsp3) is 0.417. The van der Waals surface area contributed by atoms with Crippen LogP contribution in [0.1, 0.15) is 20.8 Å². The molecule has 0 aromatic heterocycles. The molecule has 1 N–H and O–H groups in total. The predicted molar refractivity (Wildman–Crippen MR) is 70.1 cm³/mol. The van der Waals surface area contributed by atoms with Gasteiger partial charge in [0.15, 0.2) is 0 Å². The molecule has 0 fully saturated rings. The standard InChI is InChI=1S/C12H17NO4S/c1-12(2,3)18(16,17)13(9-11(14)15)10-7-5-4-6-8-10/h4-8H,9H2,1-3H3,(H,14,15). The van der Waals surface area contributed by atoms with Crippen LogP contribution < -0.4 is 4.31 Å². The smallest absolute Gasteiger partial charge is 0.324 e. The fourth-order valence-electron chi connectivity index (χ4n) is 1.36. The molecule has 1 aromatic carbocycles. The Labute approximate surface area is 107 Å². The molecule has 0 aliphatic carbocycles. The Hall–Kier alpha value is -1.56. The Kier molecular flexibility index (Phi) is 4.01. The number of carboxylic acids is 1. The van der Waals surface area contributed by atoms with Gasteiger partial charge in [0, 0.05) is 0 Å². The Morgan fingerprint density at radius 2 is 1.72 bits per heavy atom. The minimum Gasteiger partial charge on any atom is -0.480 e. The van der Waals surface area contributed by atoms with Crippen LogP contribution in [0.5, 0.6) is 0 Å². The zero-order valence-corrected chi connectivity index (χ0v) is 11.4. The van der Waals surface area contributed by atoms with Gasteiger partial charge in [-0.05, 0) is 32.9 Å². The first kappa shape index (κ1) is 14.5. The Morgan fingerprint density at radius 1 is 1.22 bits per heavy atom. The molecule has 0 heterocycles. The second-order valence-corrected chi connectivity index (χ2v) is 7.47. The molecule has 5 nitrogen and oxygen atoms in total. The third kappa shape index (κ3) is 3.01. The summed E-state index contributed by atoms with van der Waals surface area (Å²) in [5, 5.41) is 8.87. The Morgan fingerprint density at radius 3 is 2.11 bits per heavy atom. The number of carbonyl (C=O) groups is 1. The van der Waals surface area contributed by atoms with Crippen molar-refractivity contribution in [2.75, 3.05) is 10.8 Å². The monoisotopic (exact) mass is 271 g/mol. The minimum atomic E-state index is -3.73. The molecule has 0 aliphatic rings. The molecule has 0 spiro atoms. The van der Waals surface area contributed by atoms with E-state index in [2.05, 4.69) is 0 Å². The maximum atomic E-state index is 12.4. The molecular formula is C12H17NO4S. The van der Waals surface area contributed by atoms with Crippen LogP contribution in [0.3, 0.4) is 0 Å². The van der Waals surface area contributed by atoms with Crippen molar-refractivity contribution in [3.8, 4) is 0 Å². The molecule has 18 heavy (non-hydrogen) atoms. The summed E-state index contributed by atoms with van der Waals surface area (Å²) in [6.45, 7) is 4.05. The lowest BCUT2D eigenvalue weighted by molar-refractivity contribution is -0.135. The van der Waals surface area contributed by atoms with Gasteiger partial charge in [-0.25, -0.2) is 8.42 Å². The lowest BCUT2D eigenvalue weighted by Gasteiger charge is -2.30. The first-order chi connectivity index (χ1) is 8.16. The van der Waals surface area contributed by atoms with Crippen LogP contribution in [0.4, 0.5) is 5.69 Å². The van der Waals surface area contributed by atoms with E-state index >= 15 is 0 Å². The molecular weight excluding hydrogens is 254 g/mol. The van der Waals surface area contributed by atoms with Gasteiger partial charge in [0.25, 0.3) is 0 Å². The average molecular weight is 271 g/mol. The quantitative estimate of drug-likeness (QED) is 0.904. The number of carboxylic acid groups (broad SMARTS) is 1. The van der Waals surface area contributed by atoms with Gasteiger partial charge in [-0.2, -0.15) is 0 Å². The van der Waals surface area contributed by atoms with Crippen LogP contribution >= 0.6 is 0 Å². The normalized spacial score (nSPS) is 12.2. The molecule has 0 amide bonds. The zero-order valence-electron chi connectivity index (χ0n) is 10.6. The molecule has 1 rings (SSSR count). The highest BCUT2D eigenvalue weighted by Gasteiger charge is 2.36. The number of sulfonamides is 1. The van der Waals surface area contributed by atoms with Gasteiger partial charge in [-0.1, -0.05) is 18.2 Å². The molecule has 0 bridgehead atoms. The van der Waals surface area contributed by atoms with E-state index < -0.39 is 27.3 Å². The second kappa shape index (κ2) is 4.97. The summed E-state index contributed by atoms with van der Waals surface area (Å²) >= 11 is 0.